The first-order valence-corrected chi connectivity index (χ1v) is 10.6. The second kappa shape index (κ2) is 10.1. The quantitative estimate of drug-likeness (QED) is 0.393. The number of amides is 1. The molecule has 0 N–H and O–H groups in total. The van der Waals surface area contributed by atoms with Crippen molar-refractivity contribution in [2.24, 2.45) is 0 Å². The summed E-state index contributed by atoms with van der Waals surface area (Å²) in [5, 5.41) is 0. The zero-order valence-corrected chi connectivity index (χ0v) is 18.4. The molecule has 164 valence electrons. The predicted molar refractivity (Wildman–Crippen MR) is 124 cm³/mol. The minimum Gasteiger partial charge on any atom is -0.487 e. The third kappa shape index (κ3) is 5.34. The van der Waals surface area contributed by atoms with E-state index in [1.54, 1.807) is 18.1 Å². The normalized spacial score (nSPS) is 10.9. The van der Waals surface area contributed by atoms with Crippen LogP contribution in [0.5, 0.6) is 5.75 Å². The number of rotatable bonds is 9. The number of imidazole rings is 1. The predicted octanol–water partition coefficient (Wildman–Crippen LogP) is 4.51. The number of methoxy groups -OCH3 is 1. The van der Waals surface area contributed by atoms with Crippen LogP contribution in [-0.2, 0) is 17.9 Å². The molecule has 1 amide bonds. The molecule has 6 heteroatoms. The van der Waals surface area contributed by atoms with Gasteiger partial charge in [-0.25, -0.2) is 4.98 Å². The zero-order valence-electron chi connectivity index (χ0n) is 18.4. The van der Waals surface area contributed by atoms with Crippen LogP contribution in [0, 0.1) is 6.92 Å². The highest BCUT2D eigenvalue weighted by molar-refractivity contribution is 5.94. The van der Waals surface area contributed by atoms with Gasteiger partial charge in [-0.15, -0.1) is 0 Å². The Morgan fingerprint density at radius 3 is 2.69 bits per heavy atom. The Balaban J connectivity index is 1.46. The molecule has 0 aliphatic heterocycles. The number of benzene rings is 2. The van der Waals surface area contributed by atoms with Gasteiger partial charge >= 0.3 is 0 Å². The summed E-state index contributed by atoms with van der Waals surface area (Å²) >= 11 is 0. The molecule has 0 fully saturated rings. The molecule has 0 saturated carbocycles. The minimum absolute atomic E-state index is 0.0560. The van der Waals surface area contributed by atoms with Gasteiger partial charge in [-0.05, 0) is 42.3 Å². The van der Waals surface area contributed by atoms with E-state index in [9.17, 15) is 4.79 Å². The van der Waals surface area contributed by atoms with Gasteiger partial charge in [0.2, 0.25) is 0 Å². The molecule has 6 nitrogen and oxygen atoms in total. The van der Waals surface area contributed by atoms with Gasteiger partial charge < -0.3 is 18.8 Å². The summed E-state index contributed by atoms with van der Waals surface area (Å²) < 4.78 is 13.2. The SMILES string of the molecule is COCCN(Cc1ccccc1)C(=O)c1cccc(OCc2cn3cc(C)ccc3n2)c1. The first kappa shape index (κ1) is 21.6. The van der Waals surface area contributed by atoms with E-state index in [0.717, 1.165) is 16.9 Å². The molecule has 2 aromatic heterocycles. The molecular formula is C26H27N3O3. The number of nitrogens with zero attached hydrogens (tertiary/aromatic N) is 3. The lowest BCUT2D eigenvalue weighted by atomic mass is 10.1. The van der Waals surface area contributed by atoms with Crippen molar-refractivity contribution in [1.82, 2.24) is 14.3 Å². The molecule has 0 radical (unpaired) electrons. The van der Waals surface area contributed by atoms with Crippen LogP contribution in [0.3, 0.4) is 0 Å². The standard InChI is InChI=1S/C26H27N3O3/c1-20-11-12-25-27-23(18-29(25)16-20)19-32-24-10-6-9-22(15-24)26(30)28(13-14-31-2)17-21-7-4-3-5-8-21/h3-12,15-16,18H,13-14,17,19H2,1-2H3. The van der Waals surface area contributed by atoms with E-state index in [2.05, 4.69) is 4.98 Å². The maximum absolute atomic E-state index is 13.2. The van der Waals surface area contributed by atoms with Crippen molar-refractivity contribution in [1.29, 1.82) is 0 Å². The molecule has 2 aromatic carbocycles. The Hall–Kier alpha value is -3.64. The van der Waals surface area contributed by atoms with E-state index in [-0.39, 0.29) is 5.91 Å². The fourth-order valence-corrected chi connectivity index (χ4v) is 3.54. The average Bonchev–Trinajstić information content (AvgIpc) is 3.23. The maximum Gasteiger partial charge on any atom is 0.254 e. The number of pyridine rings is 1. The number of fused-ring (bicyclic) bond motifs is 1. The number of hydrogen-bond acceptors (Lipinski definition) is 4. The van der Waals surface area contributed by atoms with Gasteiger partial charge in [0.1, 0.15) is 18.0 Å². The second-order valence-corrected chi connectivity index (χ2v) is 7.73. The summed E-state index contributed by atoms with van der Waals surface area (Å²) in [7, 11) is 1.64. The van der Waals surface area contributed by atoms with Crippen molar-refractivity contribution >= 4 is 11.6 Å². The highest BCUT2D eigenvalue weighted by Gasteiger charge is 2.17. The van der Waals surface area contributed by atoms with Crippen LogP contribution in [-0.4, -0.2) is 40.5 Å². The number of carbonyl (C=O) groups is 1. The van der Waals surface area contributed by atoms with Crippen molar-refractivity contribution in [2.45, 2.75) is 20.1 Å². The van der Waals surface area contributed by atoms with E-state index < -0.39 is 0 Å². The lowest BCUT2D eigenvalue weighted by Crippen LogP contribution is -2.33. The molecule has 4 rings (SSSR count). The molecule has 0 spiro atoms. The van der Waals surface area contributed by atoms with Crippen molar-refractivity contribution in [3.8, 4) is 5.75 Å². The number of ether oxygens (including phenoxy) is 2. The largest absolute Gasteiger partial charge is 0.487 e. The number of aromatic nitrogens is 2. The van der Waals surface area contributed by atoms with Crippen LogP contribution in [0.25, 0.3) is 5.65 Å². The van der Waals surface area contributed by atoms with Crippen LogP contribution in [0.15, 0.2) is 79.1 Å². The summed E-state index contributed by atoms with van der Waals surface area (Å²) in [6.07, 6.45) is 4.00. The molecule has 32 heavy (non-hydrogen) atoms. The molecule has 0 bridgehead atoms. The van der Waals surface area contributed by atoms with Crippen LogP contribution in [0.4, 0.5) is 0 Å². The summed E-state index contributed by atoms with van der Waals surface area (Å²) in [6, 6.07) is 21.3. The Morgan fingerprint density at radius 1 is 1.03 bits per heavy atom. The van der Waals surface area contributed by atoms with E-state index in [1.807, 2.05) is 84.4 Å². The second-order valence-electron chi connectivity index (χ2n) is 7.73. The van der Waals surface area contributed by atoms with E-state index in [1.165, 1.54) is 5.56 Å². The molecule has 4 aromatic rings. The molecule has 0 aliphatic carbocycles. The van der Waals surface area contributed by atoms with Crippen LogP contribution >= 0.6 is 0 Å². The number of carbonyl (C=O) groups excluding carboxylic acids is 1. The third-order valence-corrected chi connectivity index (χ3v) is 5.19. The van der Waals surface area contributed by atoms with Gasteiger partial charge in [0, 0.05) is 38.2 Å². The lowest BCUT2D eigenvalue weighted by molar-refractivity contribution is 0.0680. The number of aryl methyl sites for hydroxylation is 1. The van der Waals surface area contributed by atoms with Gasteiger partial charge in [-0.3, -0.25) is 4.79 Å². The molecule has 0 saturated heterocycles. The average molecular weight is 430 g/mol. The number of hydrogen-bond donors (Lipinski definition) is 0. The Labute approximate surface area is 188 Å². The van der Waals surface area contributed by atoms with Gasteiger partial charge in [0.15, 0.2) is 0 Å². The molecule has 0 atom stereocenters. The van der Waals surface area contributed by atoms with Crippen molar-refractivity contribution < 1.29 is 14.3 Å². The van der Waals surface area contributed by atoms with Gasteiger partial charge in [-0.2, -0.15) is 0 Å². The Kier molecular flexibility index (Phi) is 6.82. The summed E-state index contributed by atoms with van der Waals surface area (Å²) in [5.41, 5.74) is 4.54. The molecular weight excluding hydrogens is 402 g/mol. The van der Waals surface area contributed by atoms with E-state index >= 15 is 0 Å². The monoisotopic (exact) mass is 429 g/mol. The van der Waals surface area contributed by atoms with Gasteiger partial charge in [-0.1, -0.05) is 42.5 Å². The third-order valence-electron chi connectivity index (χ3n) is 5.19. The van der Waals surface area contributed by atoms with Crippen LogP contribution < -0.4 is 4.74 Å². The van der Waals surface area contributed by atoms with Crippen molar-refractivity contribution in [3.63, 3.8) is 0 Å². The fraction of sp³-hybridized carbons (Fsp3) is 0.231. The highest BCUT2D eigenvalue weighted by atomic mass is 16.5. The summed E-state index contributed by atoms with van der Waals surface area (Å²) in [6.45, 7) is 3.88. The van der Waals surface area contributed by atoms with Gasteiger partial charge in [0.25, 0.3) is 5.91 Å². The fourth-order valence-electron chi connectivity index (χ4n) is 3.54. The molecule has 0 aliphatic rings. The summed E-state index contributed by atoms with van der Waals surface area (Å²) in [5.74, 6) is 0.579. The zero-order chi connectivity index (χ0) is 22.3. The molecule has 0 unspecified atom stereocenters. The molecule has 2 heterocycles. The highest BCUT2D eigenvalue weighted by Crippen LogP contribution is 2.18. The topological polar surface area (TPSA) is 56.1 Å². The van der Waals surface area contributed by atoms with E-state index in [4.69, 9.17) is 9.47 Å². The van der Waals surface area contributed by atoms with E-state index in [0.29, 0.717) is 37.6 Å². The van der Waals surface area contributed by atoms with Crippen LogP contribution in [0.2, 0.25) is 0 Å². The maximum atomic E-state index is 13.2. The minimum atomic E-state index is -0.0560. The first-order chi connectivity index (χ1) is 15.6. The van der Waals surface area contributed by atoms with Crippen molar-refractivity contribution in [2.75, 3.05) is 20.3 Å². The Morgan fingerprint density at radius 2 is 1.88 bits per heavy atom. The van der Waals surface area contributed by atoms with Gasteiger partial charge in [0.05, 0.1) is 12.3 Å². The van der Waals surface area contributed by atoms with Crippen LogP contribution in [0.1, 0.15) is 27.2 Å². The lowest BCUT2D eigenvalue weighted by Gasteiger charge is -2.23. The smallest absolute Gasteiger partial charge is 0.254 e. The summed E-state index contributed by atoms with van der Waals surface area (Å²) in [4.78, 5) is 19.6. The first-order valence-electron chi connectivity index (χ1n) is 10.6. The Bertz CT molecular complexity index is 1190. The van der Waals surface area contributed by atoms with Crippen molar-refractivity contribution in [3.05, 3.63) is 102 Å².